The van der Waals surface area contributed by atoms with Crippen molar-refractivity contribution in [3.05, 3.63) is 24.3 Å². The predicted octanol–water partition coefficient (Wildman–Crippen LogP) is 2.98. The van der Waals surface area contributed by atoms with Crippen molar-refractivity contribution in [2.24, 2.45) is 0 Å². The van der Waals surface area contributed by atoms with Gasteiger partial charge >= 0.3 is 0 Å². The highest BCUT2D eigenvalue weighted by Gasteiger charge is 2.13. The molecule has 1 unspecified atom stereocenters. The molecule has 2 rings (SSSR count). The van der Waals surface area contributed by atoms with Crippen molar-refractivity contribution in [3.8, 4) is 5.75 Å². The second-order valence-electron chi connectivity index (χ2n) is 5.04. The Labute approximate surface area is 110 Å². The third kappa shape index (κ3) is 3.91. The summed E-state index contributed by atoms with van der Waals surface area (Å²) in [5.41, 5.74) is 1.12. The molecule has 1 aliphatic rings. The van der Waals surface area contributed by atoms with Gasteiger partial charge < -0.3 is 15.0 Å². The number of ether oxygens (including phenoxy) is 1. The van der Waals surface area contributed by atoms with Crippen LogP contribution in [0.2, 0.25) is 0 Å². The molecular weight excluding hydrogens is 224 g/mol. The van der Waals surface area contributed by atoms with E-state index in [4.69, 9.17) is 4.74 Å². The zero-order valence-electron chi connectivity index (χ0n) is 11.5. The van der Waals surface area contributed by atoms with Crippen LogP contribution in [0.15, 0.2) is 24.3 Å². The van der Waals surface area contributed by atoms with Gasteiger partial charge in [-0.15, -0.1) is 0 Å². The average molecular weight is 248 g/mol. The van der Waals surface area contributed by atoms with Crippen LogP contribution in [-0.4, -0.2) is 37.7 Å². The molecule has 1 fully saturated rings. The number of nitrogens with zero attached hydrogens (tertiary/aromatic N) is 1. The van der Waals surface area contributed by atoms with Crippen molar-refractivity contribution in [1.82, 2.24) is 4.90 Å². The van der Waals surface area contributed by atoms with Gasteiger partial charge in [0.2, 0.25) is 0 Å². The zero-order valence-corrected chi connectivity index (χ0v) is 11.5. The zero-order chi connectivity index (χ0) is 12.8. The highest BCUT2D eigenvalue weighted by atomic mass is 16.5. The Hall–Kier alpha value is -1.22. The lowest BCUT2D eigenvalue weighted by atomic mass is 10.2. The molecule has 1 N–H and O–H groups in total. The van der Waals surface area contributed by atoms with Crippen LogP contribution in [0.3, 0.4) is 0 Å². The highest BCUT2D eigenvalue weighted by molar-refractivity contribution is 5.45. The van der Waals surface area contributed by atoms with Crippen LogP contribution in [0, 0.1) is 0 Å². The molecule has 0 radical (unpaired) electrons. The third-order valence-electron chi connectivity index (χ3n) is 3.53. The number of anilines is 1. The SMILES string of the molecule is CNc1ccc(OC(C)CCN2CCCC2)cc1. The van der Waals surface area contributed by atoms with Crippen molar-refractivity contribution in [2.75, 3.05) is 32.0 Å². The smallest absolute Gasteiger partial charge is 0.119 e. The second kappa shape index (κ2) is 6.64. The predicted molar refractivity (Wildman–Crippen MR) is 76.4 cm³/mol. The summed E-state index contributed by atoms with van der Waals surface area (Å²) in [5, 5.41) is 3.11. The summed E-state index contributed by atoms with van der Waals surface area (Å²) in [4.78, 5) is 2.53. The summed E-state index contributed by atoms with van der Waals surface area (Å²) in [6.07, 6.45) is 4.11. The molecule has 1 aliphatic heterocycles. The first-order valence-electron chi connectivity index (χ1n) is 6.95. The molecule has 100 valence electrons. The number of nitrogens with one attached hydrogen (secondary N) is 1. The number of hydrogen-bond acceptors (Lipinski definition) is 3. The van der Waals surface area contributed by atoms with Crippen molar-refractivity contribution in [2.45, 2.75) is 32.3 Å². The molecule has 1 aromatic rings. The molecule has 0 aromatic heterocycles. The average Bonchev–Trinajstić information content (AvgIpc) is 2.90. The minimum absolute atomic E-state index is 0.283. The van der Waals surface area contributed by atoms with Crippen molar-refractivity contribution >= 4 is 5.69 Å². The lowest BCUT2D eigenvalue weighted by molar-refractivity contribution is 0.187. The van der Waals surface area contributed by atoms with Gasteiger partial charge in [0.25, 0.3) is 0 Å². The van der Waals surface area contributed by atoms with Crippen LogP contribution in [-0.2, 0) is 0 Å². The van der Waals surface area contributed by atoms with E-state index in [-0.39, 0.29) is 6.10 Å². The molecule has 0 aliphatic carbocycles. The molecule has 0 bridgehead atoms. The fraction of sp³-hybridized carbons (Fsp3) is 0.600. The first kappa shape index (κ1) is 13.2. The number of hydrogen-bond donors (Lipinski definition) is 1. The Morgan fingerprint density at radius 3 is 2.50 bits per heavy atom. The summed E-state index contributed by atoms with van der Waals surface area (Å²) in [6, 6.07) is 8.14. The van der Waals surface area contributed by atoms with Crippen LogP contribution < -0.4 is 10.1 Å². The highest BCUT2D eigenvalue weighted by Crippen LogP contribution is 2.17. The van der Waals surface area contributed by atoms with E-state index < -0.39 is 0 Å². The Morgan fingerprint density at radius 1 is 1.22 bits per heavy atom. The molecule has 1 heterocycles. The van der Waals surface area contributed by atoms with E-state index in [1.165, 1.54) is 25.9 Å². The molecule has 1 aromatic carbocycles. The molecule has 18 heavy (non-hydrogen) atoms. The number of rotatable bonds is 6. The molecular formula is C15H24N2O. The van der Waals surface area contributed by atoms with Crippen LogP contribution >= 0.6 is 0 Å². The molecule has 1 atom stereocenters. The van der Waals surface area contributed by atoms with Crippen LogP contribution in [0.4, 0.5) is 5.69 Å². The van der Waals surface area contributed by atoms with Gasteiger partial charge in [-0.1, -0.05) is 0 Å². The van der Waals surface area contributed by atoms with Crippen LogP contribution in [0.25, 0.3) is 0 Å². The van der Waals surface area contributed by atoms with Gasteiger partial charge in [-0.2, -0.15) is 0 Å². The van der Waals surface area contributed by atoms with Crippen molar-refractivity contribution < 1.29 is 4.74 Å². The Kier molecular flexibility index (Phi) is 4.88. The molecule has 3 heteroatoms. The minimum Gasteiger partial charge on any atom is -0.491 e. The Balaban J connectivity index is 1.73. The summed E-state index contributed by atoms with van der Waals surface area (Å²) in [6.45, 7) is 5.85. The molecule has 0 saturated carbocycles. The van der Waals surface area contributed by atoms with Gasteiger partial charge in [0.05, 0.1) is 6.10 Å². The van der Waals surface area contributed by atoms with Gasteiger partial charge in [0, 0.05) is 19.3 Å². The van der Waals surface area contributed by atoms with Gasteiger partial charge in [-0.05, 0) is 63.5 Å². The van der Waals surface area contributed by atoms with Gasteiger partial charge in [-0.3, -0.25) is 0 Å². The Bertz CT molecular complexity index is 344. The van der Waals surface area contributed by atoms with E-state index in [2.05, 4.69) is 17.1 Å². The van der Waals surface area contributed by atoms with Crippen LogP contribution in [0.1, 0.15) is 26.2 Å². The topological polar surface area (TPSA) is 24.5 Å². The maximum atomic E-state index is 5.92. The Morgan fingerprint density at radius 2 is 1.89 bits per heavy atom. The normalized spacial score (nSPS) is 17.7. The monoisotopic (exact) mass is 248 g/mol. The largest absolute Gasteiger partial charge is 0.491 e. The van der Waals surface area contributed by atoms with Crippen molar-refractivity contribution in [1.29, 1.82) is 0 Å². The molecule has 0 spiro atoms. The van der Waals surface area contributed by atoms with Crippen molar-refractivity contribution in [3.63, 3.8) is 0 Å². The van der Waals surface area contributed by atoms with E-state index in [0.717, 1.165) is 24.4 Å². The fourth-order valence-electron chi connectivity index (χ4n) is 2.36. The van der Waals surface area contributed by atoms with E-state index in [0.29, 0.717) is 0 Å². The second-order valence-corrected chi connectivity index (χ2v) is 5.04. The quantitative estimate of drug-likeness (QED) is 0.837. The lowest BCUT2D eigenvalue weighted by Crippen LogP contribution is -2.25. The van der Waals surface area contributed by atoms with Gasteiger partial charge in [0.1, 0.15) is 5.75 Å². The third-order valence-corrected chi connectivity index (χ3v) is 3.53. The minimum atomic E-state index is 0.283. The maximum absolute atomic E-state index is 5.92. The molecule has 0 amide bonds. The van der Waals surface area contributed by atoms with E-state index >= 15 is 0 Å². The maximum Gasteiger partial charge on any atom is 0.119 e. The van der Waals surface area contributed by atoms with Gasteiger partial charge in [-0.25, -0.2) is 0 Å². The van der Waals surface area contributed by atoms with Crippen LogP contribution in [0.5, 0.6) is 5.75 Å². The lowest BCUT2D eigenvalue weighted by Gasteiger charge is -2.19. The fourth-order valence-corrected chi connectivity index (χ4v) is 2.36. The number of likely N-dealkylation sites (tertiary alicyclic amines) is 1. The summed E-state index contributed by atoms with van der Waals surface area (Å²) in [7, 11) is 1.93. The molecule has 3 nitrogen and oxygen atoms in total. The van der Waals surface area contributed by atoms with E-state index in [1.807, 2.05) is 31.3 Å². The van der Waals surface area contributed by atoms with E-state index in [1.54, 1.807) is 0 Å². The number of benzene rings is 1. The standard InChI is InChI=1S/C15H24N2O/c1-13(9-12-17-10-3-4-11-17)18-15-7-5-14(16-2)6-8-15/h5-8,13,16H,3-4,9-12H2,1-2H3. The van der Waals surface area contributed by atoms with Gasteiger partial charge in [0.15, 0.2) is 0 Å². The summed E-state index contributed by atoms with van der Waals surface area (Å²) >= 11 is 0. The summed E-state index contributed by atoms with van der Waals surface area (Å²) in [5.74, 6) is 0.961. The first-order valence-corrected chi connectivity index (χ1v) is 6.95. The first-order chi connectivity index (χ1) is 8.78. The molecule has 1 saturated heterocycles. The van der Waals surface area contributed by atoms with E-state index in [9.17, 15) is 0 Å². The summed E-state index contributed by atoms with van der Waals surface area (Å²) < 4.78 is 5.92.